The summed E-state index contributed by atoms with van der Waals surface area (Å²) in [5, 5.41) is 10.4. The van der Waals surface area contributed by atoms with Crippen LogP contribution in [0.15, 0.2) is 66.9 Å². The van der Waals surface area contributed by atoms with E-state index >= 15 is 0 Å². The normalized spacial score (nSPS) is 16.7. The average Bonchev–Trinajstić information content (AvgIpc) is 3.06. The Kier molecular flexibility index (Phi) is 4.71. The van der Waals surface area contributed by atoms with Crippen LogP contribution in [0.5, 0.6) is 0 Å². The first-order valence-corrected chi connectivity index (χ1v) is 13.0. The molecule has 1 heterocycles. The smallest absolute Gasteiger partial charge is 0.534 e. The number of hydrogen-bond acceptors (Lipinski definition) is 2. The summed E-state index contributed by atoms with van der Waals surface area (Å²) in [6.45, 7) is 21.9. The molecule has 2 nitrogen and oxygen atoms in total. The van der Waals surface area contributed by atoms with Gasteiger partial charge in [-0.25, -0.2) is 0 Å². The van der Waals surface area contributed by atoms with Gasteiger partial charge in [-0.1, -0.05) is 90.6 Å². The predicted molar refractivity (Wildman–Crippen MR) is 156 cm³/mol. The van der Waals surface area contributed by atoms with Crippen LogP contribution in [0.25, 0.3) is 43.1 Å². The highest BCUT2D eigenvalue weighted by atomic mass is 16.7. The summed E-state index contributed by atoms with van der Waals surface area (Å²) in [6.07, 6.45) is 0. The summed E-state index contributed by atoms with van der Waals surface area (Å²) >= 11 is 0. The Labute approximate surface area is 214 Å². The second kappa shape index (κ2) is 7.26. The van der Waals surface area contributed by atoms with Gasteiger partial charge in [-0.3, -0.25) is 0 Å². The average molecular weight is 474 g/mol. The summed E-state index contributed by atoms with van der Waals surface area (Å²) < 4.78 is 12.5. The van der Waals surface area contributed by atoms with E-state index in [1.54, 1.807) is 0 Å². The lowest BCUT2D eigenvalue weighted by Crippen LogP contribution is -2.35. The SMILES string of the molecule is C=C1OB(c2ccc3c4cc(C(C)(C)C)cc5cc(C(C)(C)C)cc(c6cccc2c63)c54)OC1(C)C. The standard InChI is InChI=1S/C33H35BO2/c1-19-33(8,9)36-34(35-19)28-14-13-24-27-18-22(32(5,6)7)16-20-15-21(31(2,3)4)17-26(29(20)27)23-11-10-12-25(28)30(23)24/h10-18H,1H2,2-9H3. The van der Waals surface area contributed by atoms with E-state index in [1.165, 1.54) is 54.2 Å². The highest BCUT2D eigenvalue weighted by Crippen LogP contribution is 2.44. The first-order chi connectivity index (χ1) is 16.8. The molecule has 5 aromatic carbocycles. The molecule has 1 aliphatic heterocycles. The van der Waals surface area contributed by atoms with Gasteiger partial charge in [0.2, 0.25) is 0 Å². The van der Waals surface area contributed by atoms with Gasteiger partial charge in [0.05, 0.1) is 5.76 Å². The van der Waals surface area contributed by atoms with Crippen LogP contribution in [0, 0.1) is 0 Å². The quantitative estimate of drug-likeness (QED) is 0.138. The van der Waals surface area contributed by atoms with Crippen LogP contribution in [0.2, 0.25) is 0 Å². The maximum Gasteiger partial charge on any atom is 0.563 e. The van der Waals surface area contributed by atoms with Crippen molar-refractivity contribution in [3.05, 3.63) is 78.1 Å². The van der Waals surface area contributed by atoms with Gasteiger partial charge in [0.15, 0.2) is 0 Å². The van der Waals surface area contributed by atoms with E-state index in [0.29, 0.717) is 5.76 Å². The molecule has 1 saturated heterocycles. The van der Waals surface area contributed by atoms with Crippen molar-refractivity contribution in [1.82, 2.24) is 0 Å². The summed E-state index contributed by atoms with van der Waals surface area (Å²) in [5.41, 5.74) is 3.37. The van der Waals surface area contributed by atoms with Crippen molar-refractivity contribution in [2.24, 2.45) is 0 Å². The Balaban J connectivity index is 1.78. The molecule has 6 rings (SSSR count). The van der Waals surface area contributed by atoms with Gasteiger partial charge in [-0.05, 0) is 91.0 Å². The number of rotatable bonds is 1. The molecule has 36 heavy (non-hydrogen) atoms. The summed E-state index contributed by atoms with van der Waals surface area (Å²) in [4.78, 5) is 0. The van der Waals surface area contributed by atoms with Gasteiger partial charge < -0.3 is 9.31 Å². The first kappa shape index (κ1) is 23.4. The Morgan fingerprint density at radius 3 is 1.78 bits per heavy atom. The molecule has 0 saturated carbocycles. The second-order valence-electron chi connectivity index (χ2n) is 13.1. The molecular formula is C33H35BO2. The highest BCUT2D eigenvalue weighted by molar-refractivity contribution is 6.66. The molecule has 1 fully saturated rings. The zero-order valence-corrected chi connectivity index (χ0v) is 22.8. The number of benzene rings is 5. The van der Waals surface area contributed by atoms with Gasteiger partial charge in [0.1, 0.15) is 5.60 Å². The molecule has 0 aromatic heterocycles. The van der Waals surface area contributed by atoms with Crippen molar-refractivity contribution in [3.63, 3.8) is 0 Å². The maximum absolute atomic E-state index is 6.32. The maximum atomic E-state index is 6.32. The van der Waals surface area contributed by atoms with Crippen LogP contribution >= 0.6 is 0 Å². The lowest BCUT2D eigenvalue weighted by molar-refractivity contribution is 0.173. The molecule has 0 spiro atoms. The Morgan fingerprint density at radius 1 is 0.694 bits per heavy atom. The summed E-state index contributed by atoms with van der Waals surface area (Å²) in [5.74, 6) is 0.674. The molecule has 0 unspecified atom stereocenters. The first-order valence-electron chi connectivity index (χ1n) is 13.0. The highest BCUT2D eigenvalue weighted by Gasteiger charge is 2.43. The topological polar surface area (TPSA) is 18.5 Å². The minimum atomic E-state index is -0.508. The van der Waals surface area contributed by atoms with Crippen molar-refractivity contribution < 1.29 is 9.31 Å². The van der Waals surface area contributed by atoms with Crippen LogP contribution < -0.4 is 5.46 Å². The van der Waals surface area contributed by atoms with E-state index in [-0.39, 0.29) is 10.8 Å². The van der Waals surface area contributed by atoms with E-state index < -0.39 is 12.7 Å². The molecule has 0 N–H and O–H groups in total. The third-order valence-electron chi connectivity index (χ3n) is 8.01. The van der Waals surface area contributed by atoms with Crippen LogP contribution in [-0.2, 0) is 20.1 Å². The fourth-order valence-corrected chi connectivity index (χ4v) is 5.65. The predicted octanol–water partition coefficient (Wildman–Crippen LogP) is 8.37. The zero-order chi connectivity index (χ0) is 25.8. The van der Waals surface area contributed by atoms with E-state index in [2.05, 4.69) is 103 Å². The van der Waals surface area contributed by atoms with Crippen LogP contribution in [0.3, 0.4) is 0 Å². The summed E-state index contributed by atoms with van der Waals surface area (Å²) in [6, 6.07) is 20.8. The largest absolute Gasteiger partial charge is 0.563 e. The molecule has 0 bridgehead atoms. The second-order valence-corrected chi connectivity index (χ2v) is 13.1. The molecule has 5 aromatic rings. The fourth-order valence-electron chi connectivity index (χ4n) is 5.65. The molecule has 0 radical (unpaired) electrons. The van der Waals surface area contributed by atoms with Gasteiger partial charge >= 0.3 is 7.12 Å². The number of fused-ring (bicyclic) bond motifs is 2. The van der Waals surface area contributed by atoms with E-state index in [1.807, 2.05) is 13.8 Å². The molecular weight excluding hydrogens is 439 g/mol. The van der Waals surface area contributed by atoms with Crippen molar-refractivity contribution >= 4 is 55.7 Å². The van der Waals surface area contributed by atoms with Crippen molar-refractivity contribution in [1.29, 1.82) is 0 Å². The van der Waals surface area contributed by atoms with Crippen LogP contribution in [-0.4, -0.2) is 12.7 Å². The van der Waals surface area contributed by atoms with Crippen molar-refractivity contribution in [2.45, 2.75) is 71.8 Å². The molecule has 0 aliphatic carbocycles. The van der Waals surface area contributed by atoms with Crippen LogP contribution in [0.1, 0.15) is 66.5 Å². The van der Waals surface area contributed by atoms with E-state index in [4.69, 9.17) is 9.31 Å². The van der Waals surface area contributed by atoms with E-state index in [0.717, 1.165) is 5.46 Å². The number of hydrogen-bond donors (Lipinski definition) is 0. The Morgan fingerprint density at radius 2 is 1.25 bits per heavy atom. The Bertz CT molecular complexity index is 1630. The van der Waals surface area contributed by atoms with Crippen molar-refractivity contribution in [3.8, 4) is 0 Å². The van der Waals surface area contributed by atoms with Gasteiger partial charge in [0, 0.05) is 5.46 Å². The fraction of sp³-hybridized carbons (Fsp3) is 0.333. The van der Waals surface area contributed by atoms with Gasteiger partial charge in [0.25, 0.3) is 0 Å². The molecule has 1 aliphatic rings. The molecule has 182 valence electrons. The monoisotopic (exact) mass is 474 g/mol. The van der Waals surface area contributed by atoms with Crippen LogP contribution in [0.4, 0.5) is 0 Å². The minimum absolute atomic E-state index is 0.0517. The Hall–Kier alpha value is -3.04. The third kappa shape index (κ3) is 3.36. The minimum Gasteiger partial charge on any atom is -0.534 e. The summed E-state index contributed by atoms with van der Waals surface area (Å²) in [7, 11) is -0.458. The van der Waals surface area contributed by atoms with Gasteiger partial charge in [-0.2, -0.15) is 0 Å². The van der Waals surface area contributed by atoms with Gasteiger partial charge in [-0.15, -0.1) is 0 Å². The molecule has 0 amide bonds. The molecule has 3 heteroatoms. The molecule has 0 atom stereocenters. The lowest BCUT2D eigenvalue weighted by atomic mass is 9.73. The third-order valence-corrected chi connectivity index (χ3v) is 8.01. The van der Waals surface area contributed by atoms with Crippen molar-refractivity contribution in [2.75, 3.05) is 0 Å². The zero-order valence-electron chi connectivity index (χ0n) is 22.8. The van der Waals surface area contributed by atoms with E-state index in [9.17, 15) is 0 Å². The lowest BCUT2D eigenvalue weighted by Gasteiger charge is -2.25.